The normalized spacial score (nSPS) is 10.3. The van der Waals surface area contributed by atoms with E-state index in [9.17, 15) is 4.79 Å². The summed E-state index contributed by atoms with van der Waals surface area (Å²) < 4.78 is 5.97. The molecule has 0 aromatic heterocycles. The van der Waals surface area contributed by atoms with Crippen molar-refractivity contribution in [2.75, 3.05) is 5.32 Å². The molecule has 24 heavy (non-hydrogen) atoms. The van der Waals surface area contributed by atoms with Gasteiger partial charge in [-0.05, 0) is 42.2 Å². The number of hydrogen-bond acceptors (Lipinski definition) is 2. The van der Waals surface area contributed by atoms with Gasteiger partial charge in [-0.1, -0.05) is 50.8 Å². The summed E-state index contributed by atoms with van der Waals surface area (Å²) >= 11 is 0. The van der Waals surface area contributed by atoms with Crippen LogP contribution in [0.4, 0.5) is 5.69 Å². The first kappa shape index (κ1) is 17.8. The number of hydrogen-bond donors (Lipinski definition) is 1. The average molecular weight is 323 g/mol. The summed E-state index contributed by atoms with van der Waals surface area (Å²) in [5.74, 6) is 0.855. The van der Waals surface area contributed by atoms with Crippen LogP contribution in [0.2, 0.25) is 0 Å². The van der Waals surface area contributed by atoms with E-state index < -0.39 is 0 Å². The smallest absolute Gasteiger partial charge is 0.224 e. The molecule has 3 nitrogen and oxygen atoms in total. The highest BCUT2D eigenvalue weighted by atomic mass is 16.5. The van der Waals surface area contributed by atoms with Gasteiger partial charge < -0.3 is 10.1 Å². The number of aryl methyl sites for hydroxylation is 2. The zero-order valence-electron chi connectivity index (χ0n) is 14.7. The van der Waals surface area contributed by atoms with Gasteiger partial charge in [0.25, 0.3) is 0 Å². The van der Waals surface area contributed by atoms with E-state index in [-0.39, 0.29) is 5.91 Å². The van der Waals surface area contributed by atoms with Crippen LogP contribution in [0.1, 0.15) is 42.5 Å². The standard InChI is InChI=1S/C21H25NO2/c1-5-16-9-11-20(15(4)12-16)24-14-18-10-8-17(6-2)13-19(18)22-21(23)7-3/h6,8-13H,2,5,7,14H2,1,3-4H3,(H,22,23). The van der Waals surface area contributed by atoms with Crippen molar-refractivity contribution in [3.63, 3.8) is 0 Å². The topological polar surface area (TPSA) is 38.3 Å². The molecule has 0 aliphatic heterocycles. The molecule has 0 unspecified atom stereocenters. The Morgan fingerprint density at radius 2 is 2.00 bits per heavy atom. The third-order valence-electron chi connectivity index (χ3n) is 4.00. The van der Waals surface area contributed by atoms with Gasteiger partial charge in [-0.3, -0.25) is 4.79 Å². The van der Waals surface area contributed by atoms with Crippen molar-refractivity contribution in [1.29, 1.82) is 0 Å². The SMILES string of the molecule is C=Cc1ccc(COc2ccc(CC)cc2C)c(NC(=O)CC)c1. The van der Waals surface area contributed by atoms with Crippen LogP contribution in [0.5, 0.6) is 5.75 Å². The fourth-order valence-electron chi connectivity index (χ4n) is 2.45. The molecule has 3 heteroatoms. The Morgan fingerprint density at radius 3 is 2.62 bits per heavy atom. The summed E-state index contributed by atoms with van der Waals surface area (Å²) in [6.07, 6.45) is 3.22. The minimum absolute atomic E-state index is 0.0130. The van der Waals surface area contributed by atoms with Gasteiger partial charge in [0, 0.05) is 17.7 Å². The highest BCUT2D eigenvalue weighted by Crippen LogP contribution is 2.24. The van der Waals surface area contributed by atoms with Gasteiger partial charge in [0.15, 0.2) is 0 Å². The van der Waals surface area contributed by atoms with Crippen LogP contribution in [0, 0.1) is 6.92 Å². The molecule has 0 bridgehead atoms. The molecule has 0 saturated carbocycles. The highest BCUT2D eigenvalue weighted by Gasteiger charge is 2.08. The Hall–Kier alpha value is -2.55. The fourth-order valence-corrected chi connectivity index (χ4v) is 2.45. The van der Waals surface area contributed by atoms with Gasteiger partial charge in [-0.15, -0.1) is 0 Å². The fraction of sp³-hybridized carbons (Fsp3) is 0.286. The second-order valence-electron chi connectivity index (χ2n) is 5.76. The van der Waals surface area contributed by atoms with Crippen molar-refractivity contribution in [3.05, 3.63) is 65.2 Å². The number of rotatable bonds is 7. The Labute approximate surface area is 144 Å². The quantitative estimate of drug-likeness (QED) is 0.767. The van der Waals surface area contributed by atoms with Crippen LogP contribution in [-0.4, -0.2) is 5.91 Å². The lowest BCUT2D eigenvalue weighted by molar-refractivity contribution is -0.115. The highest BCUT2D eigenvalue weighted by molar-refractivity contribution is 5.91. The zero-order chi connectivity index (χ0) is 17.5. The Kier molecular flexibility index (Phi) is 6.19. The van der Waals surface area contributed by atoms with Crippen molar-refractivity contribution in [3.8, 4) is 5.75 Å². The van der Waals surface area contributed by atoms with Crippen LogP contribution in [-0.2, 0) is 17.8 Å². The summed E-state index contributed by atoms with van der Waals surface area (Å²) in [6.45, 7) is 10.2. The predicted molar refractivity (Wildman–Crippen MR) is 100 cm³/mol. The van der Waals surface area contributed by atoms with Gasteiger partial charge in [-0.2, -0.15) is 0 Å². The van der Waals surface area contributed by atoms with Gasteiger partial charge in [0.2, 0.25) is 5.91 Å². The van der Waals surface area contributed by atoms with E-state index in [0.29, 0.717) is 13.0 Å². The molecule has 0 saturated heterocycles. The van der Waals surface area contributed by atoms with Gasteiger partial charge >= 0.3 is 0 Å². The summed E-state index contributed by atoms with van der Waals surface area (Å²) in [7, 11) is 0. The number of carbonyl (C=O) groups is 1. The molecule has 0 spiro atoms. The molecule has 2 aromatic carbocycles. The first-order valence-corrected chi connectivity index (χ1v) is 8.34. The summed E-state index contributed by atoms with van der Waals surface area (Å²) in [5, 5.41) is 2.94. The Balaban J connectivity index is 2.19. The molecule has 0 atom stereocenters. The van der Waals surface area contributed by atoms with Gasteiger partial charge in [-0.25, -0.2) is 0 Å². The van der Waals surface area contributed by atoms with Crippen LogP contribution in [0.3, 0.4) is 0 Å². The number of amides is 1. The van der Waals surface area contributed by atoms with E-state index in [1.54, 1.807) is 6.08 Å². The summed E-state index contributed by atoms with van der Waals surface area (Å²) in [5.41, 5.74) is 5.11. The summed E-state index contributed by atoms with van der Waals surface area (Å²) in [6, 6.07) is 12.1. The maximum absolute atomic E-state index is 11.8. The number of benzene rings is 2. The van der Waals surface area contributed by atoms with Gasteiger partial charge in [0.05, 0.1) is 0 Å². The van der Waals surface area contributed by atoms with E-state index in [2.05, 4.69) is 37.9 Å². The Bertz CT molecular complexity index is 735. The second kappa shape index (κ2) is 8.34. The minimum atomic E-state index is -0.0130. The van der Waals surface area contributed by atoms with Crippen LogP contribution < -0.4 is 10.1 Å². The number of anilines is 1. The van der Waals surface area contributed by atoms with Crippen molar-refractivity contribution < 1.29 is 9.53 Å². The first-order chi connectivity index (χ1) is 11.6. The number of carbonyl (C=O) groups excluding carboxylic acids is 1. The maximum atomic E-state index is 11.8. The molecule has 0 heterocycles. The van der Waals surface area contributed by atoms with Crippen LogP contribution in [0.25, 0.3) is 6.08 Å². The minimum Gasteiger partial charge on any atom is -0.489 e. The van der Waals surface area contributed by atoms with Crippen LogP contribution >= 0.6 is 0 Å². The molecule has 126 valence electrons. The van der Waals surface area contributed by atoms with Gasteiger partial charge in [0.1, 0.15) is 12.4 Å². The molecular formula is C21H25NO2. The number of nitrogens with one attached hydrogen (secondary N) is 1. The molecular weight excluding hydrogens is 298 g/mol. The molecule has 2 rings (SSSR count). The zero-order valence-corrected chi connectivity index (χ0v) is 14.7. The molecule has 0 aliphatic carbocycles. The average Bonchev–Trinajstić information content (AvgIpc) is 2.61. The van der Waals surface area contributed by atoms with Crippen molar-refractivity contribution in [1.82, 2.24) is 0 Å². The lowest BCUT2D eigenvalue weighted by Gasteiger charge is -2.14. The second-order valence-corrected chi connectivity index (χ2v) is 5.76. The van der Waals surface area contributed by atoms with Crippen molar-refractivity contribution in [2.45, 2.75) is 40.2 Å². The van der Waals surface area contributed by atoms with E-state index in [1.807, 2.05) is 31.2 Å². The lowest BCUT2D eigenvalue weighted by atomic mass is 10.1. The maximum Gasteiger partial charge on any atom is 0.224 e. The Morgan fingerprint density at radius 1 is 1.21 bits per heavy atom. The molecule has 2 aromatic rings. The third-order valence-corrected chi connectivity index (χ3v) is 4.00. The first-order valence-electron chi connectivity index (χ1n) is 8.34. The third kappa shape index (κ3) is 4.48. The molecule has 0 radical (unpaired) electrons. The monoisotopic (exact) mass is 323 g/mol. The van der Waals surface area contributed by atoms with Crippen molar-refractivity contribution in [2.24, 2.45) is 0 Å². The van der Waals surface area contributed by atoms with E-state index in [1.165, 1.54) is 5.56 Å². The predicted octanol–water partition coefficient (Wildman–Crippen LogP) is 5.13. The lowest BCUT2D eigenvalue weighted by Crippen LogP contribution is -2.12. The van der Waals surface area contributed by atoms with E-state index in [0.717, 1.165) is 34.5 Å². The molecule has 0 aliphatic rings. The van der Waals surface area contributed by atoms with Crippen LogP contribution in [0.15, 0.2) is 43.0 Å². The summed E-state index contributed by atoms with van der Waals surface area (Å²) in [4.78, 5) is 11.8. The largest absolute Gasteiger partial charge is 0.489 e. The molecule has 1 amide bonds. The van der Waals surface area contributed by atoms with E-state index in [4.69, 9.17) is 4.74 Å². The van der Waals surface area contributed by atoms with Crippen molar-refractivity contribution >= 4 is 17.7 Å². The van der Waals surface area contributed by atoms with E-state index >= 15 is 0 Å². The molecule has 1 N–H and O–H groups in total. The number of ether oxygens (including phenoxy) is 1. The molecule has 0 fully saturated rings.